The summed E-state index contributed by atoms with van der Waals surface area (Å²) in [6, 6.07) is 20.1. The molecule has 0 saturated heterocycles. The Morgan fingerprint density at radius 3 is 2.67 bits per heavy atom. The minimum atomic E-state index is -0.325. The Morgan fingerprint density at radius 2 is 1.89 bits per heavy atom. The molecule has 1 aliphatic rings. The van der Waals surface area contributed by atoms with E-state index < -0.39 is 0 Å². The van der Waals surface area contributed by atoms with Crippen molar-refractivity contribution in [2.24, 2.45) is 0 Å². The molecule has 4 rings (SSSR count). The van der Waals surface area contributed by atoms with E-state index >= 15 is 0 Å². The molecule has 5 heteroatoms. The quantitative estimate of drug-likeness (QED) is 0.500. The van der Waals surface area contributed by atoms with Gasteiger partial charge in [-0.25, -0.2) is 0 Å². The average molecular weight is 361 g/mol. The molecule has 2 aromatic carbocycles. The van der Waals surface area contributed by atoms with Crippen molar-refractivity contribution in [3.63, 3.8) is 0 Å². The smallest absolute Gasteiger partial charge is 0.269 e. The van der Waals surface area contributed by atoms with Crippen LogP contribution >= 0.6 is 0 Å². The molecule has 1 aromatic heterocycles. The van der Waals surface area contributed by atoms with E-state index in [-0.39, 0.29) is 16.7 Å². The van der Waals surface area contributed by atoms with Crippen LogP contribution in [-0.2, 0) is 13.1 Å². The van der Waals surface area contributed by atoms with Crippen LogP contribution in [0.1, 0.15) is 34.8 Å². The van der Waals surface area contributed by atoms with Gasteiger partial charge in [-0.1, -0.05) is 42.0 Å². The topological polar surface area (TPSA) is 51.3 Å². The van der Waals surface area contributed by atoms with Crippen LogP contribution in [0.5, 0.6) is 0 Å². The summed E-state index contributed by atoms with van der Waals surface area (Å²) in [5.74, 6) is 0. The number of hydrogen-bond donors (Lipinski definition) is 0. The third kappa shape index (κ3) is 3.64. The van der Waals surface area contributed by atoms with Crippen molar-refractivity contribution in [1.82, 2.24) is 9.47 Å². The van der Waals surface area contributed by atoms with Crippen molar-refractivity contribution in [2.45, 2.75) is 32.5 Å². The zero-order chi connectivity index (χ0) is 18.8. The Bertz CT molecular complexity index is 946. The summed E-state index contributed by atoms with van der Waals surface area (Å²) in [5, 5.41) is 11.1. The number of nitrogens with zero attached hydrogens (tertiary/aromatic N) is 3. The number of aryl methyl sites for hydroxylation is 2. The first-order valence-corrected chi connectivity index (χ1v) is 9.31. The summed E-state index contributed by atoms with van der Waals surface area (Å²) >= 11 is 0. The van der Waals surface area contributed by atoms with Gasteiger partial charge in [-0.3, -0.25) is 15.0 Å². The zero-order valence-electron chi connectivity index (χ0n) is 15.4. The molecule has 27 heavy (non-hydrogen) atoms. The van der Waals surface area contributed by atoms with Gasteiger partial charge in [0.2, 0.25) is 0 Å². The second kappa shape index (κ2) is 7.37. The molecule has 0 fully saturated rings. The molecular formula is C22H23N3O2. The van der Waals surface area contributed by atoms with E-state index in [0.717, 1.165) is 25.1 Å². The summed E-state index contributed by atoms with van der Waals surface area (Å²) in [6.07, 6.45) is 3.20. The number of fused-ring (bicyclic) bond motifs is 1. The van der Waals surface area contributed by atoms with Crippen molar-refractivity contribution in [3.05, 3.63) is 99.4 Å². The van der Waals surface area contributed by atoms with Gasteiger partial charge in [-0.2, -0.15) is 0 Å². The summed E-state index contributed by atoms with van der Waals surface area (Å²) < 4.78 is 2.33. The van der Waals surface area contributed by atoms with Crippen molar-refractivity contribution in [1.29, 1.82) is 0 Å². The molecule has 0 spiro atoms. The van der Waals surface area contributed by atoms with E-state index in [9.17, 15) is 10.1 Å². The number of nitro benzene ring substituents is 1. The Balaban J connectivity index is 1.72. The molecule has 0 bridgehead atoms. The number of rotatable bonds is 4. The molecule has 0 amide bonds. The predicted octanol–water partition coefficient (Wildman–Crippen LogP) is 4.70. The number of benzene rings is 2. The van der Waals surface area contributed by atoms with Crippen molar-refractivity contribution < 1.29 is 4.92 Å². The molecule has 0 radical (unpaired) electrons. The lowest BCUT2D eigenvalue weighted by atomic mass is 10.00. The Hall–Kier alpha value is -2.92. The number of non-ortho nitro benzene ring substituents is 1. The lowest BCUT2D eigenvalue weighted by molar-refractivity contribution is -0.384. The van der Waals surface area contributed by atoms with Gasteiger partial charge in [-0.05, 0) is 36.6 Å². The zero-order valence-corrected chi connectivity index (χ0v) is 15.4. The first-order valence-electron chi connectivity index (χ1n) is 9.31. The molecule has 1 atom stereocenters. The molecule has 0 saturated carbocycles. The van der Waals surface area contributed by atoms with Crippen LogP contribution in [0.2, 0.25) is 0 Å². The molecule has 138 valence electrons. The van der Waals surface area contributed by atoms with E-state index in [1.165, 1.54) is 16.8 Å². The van der Waals surface area contributed by atoms with Gasteiger partial charge >= 0.3 is 0 Å². The normalized spacial score (nSPS) is 17.3. The van der Waals surface area contributed by atoms with Crippen molar-refractivity contribution in [3.8, 4) is 0 Å². The maximum atomic E-state index is 11.1. The average Bonchev–Trinajstić information content (AvgIpc) is 3.05. The number of hydrogen-bond acceptors (Lipinski definition) is 3. The van der Waals surface area contributed by atoms with E-state index in [1.54, 1.807) is 18.2 Å². The van der Waals surface area contributed by atoms with Crippen LogP contribution in [0.3, 0.4) is 0 Å². The first kappa shape index (κ1) is 17.5. The van der Waals surface area contributed by atoms with Crippen LogP contribution in [0.15, 0.2) is 66.9 Å². The standard InChI is InChI=1S/C22H23N3O2/c1-17-8-10-19(11-9-17)22-21-7-3-12-23(21)13-4-14-24(22)16-18-5-2-6-20(15-18)25(26)27/h2-3,5-12,15,22H,4,13-14,16H2,1H3/t22-/m0/s1. The summed E-state index contributed by atoms with van der Waals surface area (Å²) in [4.78, 5) is 13.2. The van der Waals surface area contributed by atoms with Gasteiger partial charge in [0.15, 0.2) is 0 Å². The van der Waals surface area contributed by atoms with Gasteiger partial charge in [0, 0.05) is 43.7 Å². The van der Waals surface area contributed by atoms with Crippen molar-refractivity contribution >= 4 is 5.69 Å². The minimum Gasteiger partial charge on any atom is -0.350 e. The van der Waals surface area contributed by atoms with Crippen molar-refractivity contribution in [2.75, 3.05) is 6.54 Å². The van der Waals surface area contributed by atoms with Crippen LogP contribution in [0.25, 0.3) is 0 Å². The second-order valence-electron chi connectivity index (χ2n) is 7.19. The molecule has 1 aliphatic heterocycles. The Labute approximate surface area is 159 Å². The monoisotopic (exact) mass is 361 g/mol. The van der Waals surface area contributed by atoms with E-state index in [0.29, 0.717) is 6.54 Å². The van der Waals surface area contributed by atoms with Gasteiger partial charge < -0.3 is 4.57 Å². The highest BCUT2D eigenvalue weighted by Crippen LogP contribution is 2.33. The maximum absolute atomic E-state index is 11.1. The lowest BCUT2D eigenvalue weighted by Gasteiger charge is -2.30. The summed E-state index contributed by atoms with van der Waals surface area (Å²) in [5.41, 5.74) is 4.90. The highest BCUT2D eigenvalue weighted by molar-refractivity contribution is 5.35. The van der Waals surface area contributed by atoms with Crippen LogP contribution < -0.4 is 0 Å². The van der Waals surface area contributed by atoms with Gasteiger partial charge in [-0.15, -0.1) is 0 Å². The fourth-order valence-electron chi connectivity index (χ4n) is 3.94. The van der Waals surface area contributed by atoms with Crippen LogP contribution in [0.4, 0.5) is 5.69 Å². The molecule has 0 N–H and O–H groups in total. The van der Waals surface area contributed by atoms with Crippen LogP contribution in [0, 0.1) is 17.0 Å². The molecule has 0 aliphatic carbocycles. The minimum absolute atomic E-state index is 0.141. The van der Waals surface area contributed by atoms with Gasteiger partial charge in [0.05, 0.1) is 11.0 Å². The van der Waals surface area contributed by atoms with Gasteiger partial charge in [0.25, 0.3) is 5.69 Å². The lowest BCUT2D eigenvalue weighted by Crippen LogP contribution is -2.29. The largest absolute Gasteiger partial charge is 0.350 e. The maximum Gasteiger partial charge on any atom is 0.269 e. The Kier molecular flexibility index (Phi) is 4.77. The Morgan fingerprint density at radius 1 is 1.07 bits per heavy atom. The first-order chi connectivity index (χ1) is 13.1. The van der Waals surface area contributed by atoms with Crippen LogP contribution in [-0.4, -0.2) is 20.9 Å². The molecule has 0 unspecified atom stereocenters. The molecule has 3 aromatic rings. The second-order valence-corrected chi connectivity index (χ2v) is 7.19. The summed E-state index contributed by atoms with van der Waals surface area (Å²) in [6.45, 7) is 4.73. The van der Waals surface area contributed by atoms with Gasteiger partial charge in [0.1, 0.15) is 0 Å². The predicted molar refractivity (Wildman–Crippen MR) is 106 cm³/mol. The number of aromatic nitrogens is 1. The third-order valence-electron chi connectivity index (χ3n) is 5.25. The highest BCUT2D eigenvalue weighted by Gasteiger charge is 2.27. The van der Waals surface area contributed by atoms with E-state index in [1.807, 2.05) is 6.07 Å². The molecule has 2 heterocycles. The molecular weight excluding hydrogens is 338 g/mol. The fourth-order valence-corrected chi connectivity index (χ4v) is 3.94. The highest BCUT2D eigenvalue weighted by atomic mass is 16.6. The summed E-state index contributed by atoms with van der Waals surface area (Å²) in [7, 11) is 0. The third-order valence-corrected chi connectivity index (χ3v) is 5.25. The number of nitro groups is 1. The SMILES string of the molecule is Cc1ccc([C@H]2c3cccn3CCCN2Cc2cccc([N+](=O)[O-])c2)cc1. The van der Waals surface area contributed by atoms with E-state index in [4.69, 9.17) is 0 Å². The van der Waals surface area contributed by atoms with E-state index in [2.05, 4.69) is 59.0 Å². The molecule has 5 nitrogen and oxygen atoms in total. The fraction of sp³-hybridized carbons (Fsp3) is 0.273.